The van der Waals surface area contributed by atoms with Crippen LogP contribution in [-0.4, -0.2) is 12.2 Å². The minimum atomic E-state index is -1.09. The third-order valence-corrected chi connectivity index (χ3v) is 2.31. The third kappa shape index (κ3) is 1.81. The van der Waals surface area contributed by atoms with Crippen LogP contribution < -0.4 is 4.74 Å². The molecule has 0 radical (unpaired) electrons. The molecular weight excluding hydrogens is 246 g/mol. The Bertz CT molecular complexity index is 328. The fourth-order valence-corrected chi connectivity index (χ4v) is 1.41. The molecule has 0 fully saturated rings. The molecule has 0 heterocycles. The average molecular weight is 253 g/mol. The Hall–Kier alpha value is -0.680. The molecule has 0 unspecified atom stereocenters. The van der Waals surface area contributed by atoms with Gasteiger partial charge in [-0.15, -0.1) is 0 Å². The van der Waals surface area contributed by atoms with Gasteiger partial charge >= 0.3 is 0 Å². The number of methoxy groups -OCH3 is 1. The van der Waals surface area contributed by atoms with Crippen molar-refractivity contribution in [2.75, 3.05) is 7.11 Å². The standard InChI is InChI=1S/C8H7BrF2O2/c1-13-6-2-5(9)4(3-12)7(10)8(6)11/h2,12H,3H2,1H3. The Kier molecular flexibility index (Phi) is 3.22. The van der Waals surface area contributed by atoms with Crippen LogP contribution in [0, 0.1) is 11.6 Å². The molecule has 1 aromatic rings. The first-order chi connectivity index (χ1) is 6.11. The van der Waals surface area contributed by atoms with Crippen molar-refractivity contribution < 1.29 is 18.6 Å². The van der Waals surface area contributed by atoms with Gasteiger partial charge in [0, 0.05) is 10.0 Å². The third-order valence-electron chi connectivity index (χ3n) is 1.60. The fraction of sp³-hybridized carbons (Fsp3) is 0.250. The Morgan fingerprint density at radius 1 is 1.46 bits per heavy atom. The van der Waals surface area contributed by atoms with E-state index in [1.54, 1.807) is 0 Å². The molecule has 1 aromatic carbocycles. The minimum Gasteiger partial charge on any atom is -0.494 e. The second-order valence-electron chi connectivity index (χ2n) is 2.33. The molecule has 0 atom stereocenters. The van der Waals surface area contributed by atoms with Crippen molar-refractivity contribution in [1.29, 1.82) is 0 Å². The highest BCUT2D eigenvalue weighted by molar-refractivity contribution is 9.10. The number of ether oxygens (including phenoxy) is 1. The summed E-state index contributed by atoms with van der Waals surface area (Å²) >= 11 is 2.99. The topological polar surface area (TPSA) is 29.5 Å². The summed E-state index contributed by atoms with van der Waals surface area (Å²) in [6.45, 7) is -0.562. The molecule has 0 aliphatic heterocycles. The molecule has 2 nitrogen and oxygen atoms in total. The second-order valence-corrected chi connectivity index (χ2v) is 3.18. The van der Waals surface area contributed by atoms with Crippen molar-refractivity contribution in [2.24, 2.45) is 0 Å². The SMILES string of the molecule is COc1cc(Br)c(CO)c(F)c1F. The van der Waals surface area contributed by atoms with Crippen molar-refractivity contribution in [1.82, 2.24) is 0 Å². The monoisotopic (exact) mass is 252 g/mol. The van der Waals surface area contributed by atoms with E-state index in [1.807, 2.05) is 0 Å². The summed E-state index contributed by atoms with van der Waals surface area (Å²) in [4.78, 5) is 0. The lowest BCUT2D eigenvalue weighted by molar-refractivity contribution is 0.270. The van der Waals surface area contributed by atoms with Crippen molar-refractivity contribution >= 4 is 15.9 Å². The molecule has 0 aromatic heterocycles. The largest absolute Gasteiger partial charge is 0.494 e. The van der Waals surface area contributed by atoms with Crippen LogP contribution in [0.3, 0.4) is 0 Å². The summed E-state index contributed by atoms with van der Waals surface area (Å²) in [7, 11) is 1.24. The number of rotatable bonds is 2. The Balaban J connectivity index is 3.37. The van der Waals surface area contributed by atoms with Crippen LogP contribution in [0.5, 0.6) is 5.75 Å². The molecular formula is C8H7BrF2O2. The molecule has 0 saturated carbocycles. The maximum atomic E-state index is 13.1. The highest BCUT2D eigenvalue weighted by atomic mass is 79.9. The molecule has 0 aliphatic carbocycles. The Morgan fingerprint density at radius 2 is 2.08 bits per heavy atom. The first-order valence-electron chi connectivity index (χ1n) is 3.43. The number of hydrogen-bond donors (Lipinski definition) is 1. The van der Waals surface area contributed by atoms with E-state index in [0.29, 0.717) is 0 Å². The zero-order valence-corrected chi connectivity index (χ0v) is 8.36. The highest BCUT2D eigenvalue weighted by Crippen LogP contribution is 2.29. The smallest absolute Gasteiger partial charge is 0.201 e. The fourth-order valence-electron chi connectivity index (χ4n) is 0.905. The second kappa shape index (κ2) is 4.02. The molecule has 0 saturated heterocycles. The molecule has 0 spiro atoms. The van der Waals surface area contributed by atoms with Crippen LogP contribution in [0.4, 0.5) is 8.78 Å². The van der Waals surface area contributed by atoms with Crippen molar-refractivity contribution in [3.63, 3.8) is 0 Å². The lowest BCUT2D eigenvalue weighted by Gasteiger charge is -2.07. The van der Waals surface area contributed by atoms with E-state index in [1.165, 1.54) is 13.2 Å². The van der Waals surface area contributed by atoms with Gasteiger partial charge in [0.1, 0.15) is 0 Å². The van der Waals surface area contributed by atoms with Gasteiger partial charge in [0.2, 0.25) is 5.82 Å². The van der Waals surface area contributed by atoms with E-state index >= 15 is 0 Å². The van der Waals surface area contributed by atoms with Crippen LogP contribution in [0.2, 0.25) is 0 Å². The molecule has 1 N–H and O–H groups in total. The lowest BCUT2D eigenvalue weighted by atomic mass is 10.2. The summed E-state index contributed by atoms with van der Waals surface area (Å²) < 4.78 is 30.9. The average Bonchev–Trinajstić information content (AvgIpc) is 2.12. The van der Waals surface area contributed by atoms with E-state index in [9.17, 15) is 8.78 Å². The van der Waals surface area contributed by atoms with Crippen LogP contribution in [0.25, 0.3) is 0 Å². The van der Waals surface area contributed by atoms with Gasteiger partial charge in [-0.1, -0.05) is 15.9 Å². The molecule has 0 bridgehead atoms. The van der Waals surface area contributed by atoms with Crippen molar-refractivity contribution in [3.05, 3.63) is 27.7 Å². The molecule has 72 valence electrons. The van der Waals surface area contributed by atoms with E-state index in [2.05, 4.69) is 20.7 Å². The van der Waals surface area contributed by atoms with E-state index in [-0.39, 0.29) is 15.8 Å². The summed E-state index contributed by atoms with van der Waals surface area (Å²) in [5, 5.41) is 8.71. The van der Waals surface area contributed by atoms with Crippen molar-refractivity contribution in [3.8, 4) is 5.75 Å². The molecule has 1 rings (SSSR count). The van der Waals surface area contributed by atoms with Gasteiger partial charge in [0.15, 0.2) is 11.6 Å². The predicted molar refractivity (Wildman–Crippen MR) is 46.5 cm³/mol. The van der Waals surface area contributed by atoms with Crippen LogP contribution in [-0.2, 0) is 6.61 Å². The first-order valence-corrected chi connectivity index (χ1v) is 4.22. The van der Waals surface area contributed by atoms with Crippen molar-refractivity contribution in [2.45, 2.75) is 6.61 Å². The summed E-state index contributed by atoms with van der Waals surface area (Å²) in [5.74, 6) is -2.37. The lowest BCUT2D eigenvalue weighted by Crippen LogP contribution is -1.99. The maximum absolute atomic E-state index is 13.1. The van der Waals surface area contributed by atoms with Gasteiger partial charge in [0.25, 0.3) is 0 Å². The maximum Gasteiger partial charge on any atom is 0.201 e. The molecule has 5 heteroatoms. The zero-order valence-electron chi connectivity index (χ0n) is 6.77. The van der Waals surface area contributed by atoms with Gasteiger partial charge in [-0.2, -0.15) is 4.39 Å². The normalized spacial score (nSPS) is 10.2. The Morgan fingerprint density at radius 3 is 2.54 bits per heavy atom. The Labute approximate surface area is 82.3 Å². The number of benzene rings is 1. The van der Waals surface area contributed by atoms with E-state index in [4.69, 9.17) is 5.11 Å². The van der Waals surface area contributed by atoms with E-state index < -0.39 is 18.2 Å². The quantitative estimate of drug-likeness (QED) is 0.819. The van der Waals surface area contributed by atoms with Crippen LogP contribution in [0.1, 0.15) is 5.56 Å². The first kappa shape index (κ1) is 10.4. The van der Waals surface area contributed by atoms with Crippen LogP contribution >= 0.6 is 15.9 Å². The molecule has 13 heavy (non-hydrogen) atoms. The number of aliphatic hydroxyl groups excluding tert-OH is 1. The van der Waals surface area contributed by atoms with Crippen LogP contribution in [0.15, 0.2) is 10.5 Å². The van der Waals surface area contributed by atoms with Gasteiger partial charge in [-0.25, -0.2) is 4.39 Å². The number of aliphatic hydroxyl groups is 1. The van der Waals surface area contributed by atoms with Gasteiger partial charge < -0.3 is 9.84 Å². The summed E-state index contributed by atoms with van der Waals surface area (Å²) in [5.41, 5.74) is -0.113. The van der Waals surface area contributed by atoms with Gasteiger partial charge in [-0.05, 0) is 6.07 Å². The van der Waals surface area contributed by atoms with Gasteiger partial charge in [-0.3, -0.25) is 0 Å². The summed E-state index contributed by atoms with van der Waals surface area (Å²) in [6, 6.07) is 1.27. The number of halogens is 3. The zero-order chi connectivity index (χ0) is 10.0. The van der Waals surface area contributed by atoms with Gasteiger partial charge in [0.05, 0.1) is 13.7 Å². The highest BCUT2D eigenvalue weighted by Gasteiger charge is 2.16. The predicted octanol–water partition coefficient (Wildman–Crippen LogP) is 2.23. The minimum absolute atomic E-state index is 0.113. The number of hydrogen-bond acceptors (Lipinski definition) is 2. The molecule has 0 amide bonds. The summed E-state index contributed by atoms with van der Waals surface area (Å²) in [6.07, 6.45) is 0. The van der Waals surface area contributed by atoms with E-state index in [0.717, 1.165) is 0 Å². The molecule has 0 aliphatic rings.